The Morgan fingerprint density at radius 3 is 2.10 bits per heavy atom. The first-order valence-electron chi connectivity index (χ1n) is 9.74. The Balaban J connectivity index is 1.66. The predicted molar refractivity (Wildman–Crippen MR) is 114 cm³/mol. The van der Waals surface area contributed by atoms with Gasteiger partial charge in [0.25, 0.3) is 5.91 Å². The summed E-state index contributed by atoms with van der Waals surface area (Å²) in [4.78, 5) is 27.1. The van der Waals surface area contributed by atoms with Crippen LogP contribution in [0.2, 0.25) is 0 Å². The zero-order valence-electron chi connectivity index (χ0n) is 16.9. The van der Waals surface area contributed by atoms with E-state index in [1.165, 1.54) is 22.6 Å². The molecule has 6 nitrogen and oxygen atoms in total. The van der Waals surface area contributed by atoms with Crippen molar-refractivity contribution < 1.29 is 18.0 Å². The molecule has 156 valence electrons. The van der Waals surface area contributed by atoms with Gasteiger partial charge in [0, 0.05) is 26.2 Å². The third kappa shape index (κ3) is 4.60. The van der Waals surface area contributed by atoms with Gasteiger partial charge in [-0.2, -0.15) is 4.31 Å². The van der Waals surface area contributed by atoms with Gasteiger partial charge >= 0.3 is 0 Å². The number of Topliss-reactive ketones (excluding diaryl/α,β-unsaturated/α-hetero) is 1. The summed E-state index contributed by atoms with van der Waals surface area (Å²) in [5.74, 6) is 0.170. The molecule has 3 rings (SSSR count). The maximum absolute atomic E-state index is 12.9. The maximum atomic E-state index is 12.9. The van der Waals surface area contributed by atoms with Crippen LogP contribution in [-0.4, -0.2) is 55.5 Å². The zero-order chi connectivity index (χ0) is 21.2. The van der Waals surface area contributed by atoms with Crippen LogP contribution in [0.15, 0.2) is 41.3 Å². The van der Waals surface area contributed by atoms with E-state index in [0.717, 1.165) is 12.0 Å². The summed E-state index contributed by atoms with van der Waals surface area (Å²) >= 11 is 1.18. The molecule has 29 heavy (non-hydrogen) atoms. The SMILES string of the molecule is CC[C@@H](C)c1ccc(S(=O)(=O)N2CCN(C(=O)c3ccc(C(C)=O)s3)CC2)cc1. The smallest absolute Gasteiger partial charge is 0.264 e. The number of piperazine rings is 1. The topological polar surface area (TPSA) is 74.8 Å². The summed E-state index contributed by atoms with van der Waals surface area (Å²) < 4.78 is 27.3. The molecule has 0 bridgehead atoms. The highest BCUT2D eigenvalue weighted by atomic mass is 32.2. The third-order valence-corrected chi connectivity index (χ3v) is 8.48. The zero-order valence-corrected chi connectivity index (χ0v) is 18.6. The minimum atomic E-state index is -3.58. The van der Waals surface area contributed by atoms with Crippen LogP contribution in [0, 0.1) is 0 Å². The number of ketones is 1. The van der Waals surface area contributed by atoms with Crippen LogP contribution in [0.3, 0.4) is 0 Å². The number of carbonyl (C=O) groups is 2. The number of hydrogen-bond acceptors (Lipinski definition) is 5. The normalized spacial score (nSPS) is 16.6. The van der Waals surface area contributed by atoms with Crippen molar-refractivity contribution in [2.45, 2.75) is 38.0 Å². The van der Waals surface area contributed by atoms with Crippen LogP contribution < -0.4 is 0 Å². The van der Waals surface area contributed by atoms with Crippen molar-refractivity contribution in [3.05, 3.63) is 51.7 Å². The fraction of sp³-hybridized carbons (Fsp3) is 0.429. The summed E-state index contributed by atoms with van der Waals surface area (Å²) in [6.45, 7) is 6.87. The molecule has 0 radical (unpaired) electrons. The molecule has 2 aromatic rings. The van der Waals surface area contributed by atoms with Gasteiger partial charge in [-0.1, -0.05) is 26.0 Å². The molecule has 1 fully saturated rings. The fourth-order valence-electron chi connectivity index (χ4n) is 3.28. The van der Waals surface area contributed by atoms with Crippen molar-refractivity contribution in [1.29, 1.82) is 0 Å². The molecule has 0 unspecified atom stereocenters. The van der Waals surface area contributed by atoms with Crippen LogP contribution in [0.5, 0.6) is 0 Å². The van der Waals surface area contributed by atoms with Crippen LogP contribution in [0.1, 0.15) is 58.0 Å². The molecule has 1 aromatic heterocycles. The van der Waals surface area contributed by atoms with E-state index < -0.39 is 10.0 Å². The van der Waals surface area contributed by atoms with Crippen LogP contribution in [0.25, 0.3) is 0 Å². The van der Waals surface area contributed by atoms with E-state index in [9.17, 15) is 18.0 Å². The summed E-state index contributed by atoms with van der Waals surface area (Å²) in [5, 5.41) is 0. The highest BCUT2D eigenvalue weighted by Crippen LogP contribution is 2.24. The summed E-state index contributed by atoms with van der Waals surface area (Å²) in [6, 6.07) is 10.4. The van der Waals surface area contributed by atoms with E-state index in [0.29, 0.717) is 28.8 Å². The number of nitrogens with zero attached hydrogens (tertiary/aromatic N) is 2. The van der Waals surface area contributed by atoms with Gasteiger partial charge in [-0.25, -0.2) is 8.42 Å². The van der Waals surface area contributed by atoms with Crippen LogP contribution >= 0.6 is 11.3 Å². The highest BCUT2D eigenvalue weighted by Gasteiger charge is 2.31. The number of benzene rings is 1. The van der Waals surface area contributed by atoms with Gasteiger partial charge in [-0.15, -0.1) is 11.3 Å². The Labute approximate surface area is 176 Å². The van der Waals surface area contributed by atoms with Crippen molar-refractivity contribution >= 4 is 33.1 Å². The lowest BCUT2D eigenvalue weighted by molar-refractivity contribution is 0.0702. The summed E-state index contributed by atoms with van der Waals surface area (Å²) in [5.41, 5.74) is 1.13. The molecule has 8 heteroatoms. The molecule has 1 amide bonds. The molecular formula is C21H26N2O4S2. The van der Waals surface area contributed by atoms with E-state index in [1.54, 1.807) is 29.2 Å². The van der Waals surface area contributed by atoms with Crippen molar-refractivity contribution in [3.63, 3.8) is 0 Å². The molecule has 1 aliphatic rings. The summed E-state index contributed by atoms with van der Waals surface area (Å²) in [7, 11) is -3.58. The molecule has 2 heterocycles. The van der Waals surface area contributed by atoms with Gasteiger partial charge in [0.05, 0.1) is 14.6 Å². The van der Waals surface area contributed by atoms with E-state index >= 15 is 0 Å². The summed E-state index contributed by atoms with van der Waals surface area (Å²) in [6.07, 6.45) is 1.00. The first-order chi connectivity index (χ1) is 13.7. The highest BCUT2D eigenvalue weighted by molar-refractivity contribution is 7.89. The maximum Gasteiger partial charge on any atom is 0.264 e. The number of hydrogen-bond donors (Lipinski definition) is 0. The van der Waals surface area contributed by atoms with Crippen molar-refractivity contribution in [3.8, 4) is 0 Å². The first kappa shape index (κ1) is 21.7. The lowest BCUT2D eigenvalue weighted by Crippen LogP contribution is -2.50. The second-order valence-corrected chi connectivity index (χ2v) is 10.3. The van der Waals surface area contributed by atoms with Crippen molar-refractivity contribution in [1.82, 2.24) is 9.21 Å². The molecular weight excluding hydrogens is 408 g/mol. The average molecular weight is 435 g/mol. The minimum absolute atomic E-state index is 0.0655. The van der Waals surface area contributed by atoms with Crippen molar-refractivity contribution in [2.75, 3.05) is 26.2 Å². The Morgan fingerprint density at radius 2 is 1.59 bits per heavy atom. The second-order valence-electron chi connectivity index (χ2n) is 7.29. The number of amides is 1. The van der Waals surface area contributed by atoms with E-state index in [4.69, 9.17) is 0 Å². The van der Waals surface area contributed by atoms with E-state index in [-0.39, 0.29) is 29.7 Å². The predicted octanol–water partition coefficient (Wildman–Crippen LogP) is 3.61. The van der Waals surface area contributed by atoms with Gasteiger partial charge in [-0.05, 0) is 49.1 Å². The van der Waals surface area contributed by atoms with Gasteiger partial charge < -0.3 is 4.90 Å². The Kier molecular flexibility index (Phi) is 6.55. The molecule has 1 aromatic carbocycles. The van der Waals surface area contributed by atoms with Crippen LogP contribution in [-0.2, 0) is 10.0 Å². The molecule has 0 saturated carbocycles. The molecule has 0 N–H and O–H groups in total. The lowest BCUT2D eigenvalue weighted by atomic mass is 9.99. The van der Waals surface area contributed by atoms with Crippen molar-refractivity contribution in [2.24, 2.45) is 0 Å². The van der Waals surface area contributed by atoms with Crippen LogP contribution in [0.4, 0.5) is 0 Å². The number of rotatable bonds is 6. The van der Waals surface area contributed by atoms with E-state index in [1.807, 2.05) is 12.1 Å². The minimum Gasteiger partial charge on any atom is -0.335 e. The molecule has 1 saturated heterocycles. The Hall–Kier alpha value is -2.03. The number of sulfonamides is 1. The van der Waals surface area contributed by atoms with Gasteiger partial charge in [-0.3, -0.25) is 9.59 Å². The quantitative estimate of drug-likeness (QED) is 0.651. The average Bonchev–Trinajstić information content (AvgIpc) is 3.23. The molecule has 1 aliphatic heterocycles. The molecule has 0 spiro atoms. The van der Waals surface area contributed by atoms with E-state index in [2.05, 4.69) is 13.8 Å². The second kappa shape index (κ2) is 8.77. The molecule has 0 aliphatic carbocycles. The first-order valence-corrected chi connectivity index (χ1v) is 12.0. The van der Waals surface area contributed by atoms with Gasteiger partial charge in [0.15, 0.2) is 5.78 Å². The monoisotopic (exact) mass is 434 g/mol. The Bertz CT molecular complexity index is 988. The Morgan fingerprint density at radius 1 is 1.00 bits per heavy atom. The fourth-order valence-corrected chi connectivity index (χ4v) is 5.57. The molecule has 1 atom stereocenters. The van der Waals surface area contributed by atoms with Gasteiger partial charge in [0.1, 0.15) is 0 Å². The standard InChI is InChI=1S/C21H26N2O4S2/c1-4-15(2)17-5-7-18(8-6-17)29(26,27)23-13-11-22(12-14-23)21(25)20-10-9-19(28-20)16(3)24/h5-10,15H,4,11-14H2,1-3H3/t15-/m1/s1. The largest absolute Gasteiger partial charge is 0.335 e. The number of carbonyl (C=O) groups excluding carboxylic acids is 2. The van der Waals surface area contributed by atoms with Gasteiger partial charge in [0.2, 0.25) is 10.0 Å². The third-order valence-electron chi connectivity index (χ3n) is 5.39. The number of thiophene rings is 1. The lowest BCUT2D eigenvalue weighted by Gasteiger charge is -2.33.